The van der Waals surface area contributed by atoms with E-state index in [0.717, 1.165) is 18.4 Å². The van der Waals surface area contributed by atoms with Crippen LogP contribution in [0.2, 0.25) is 5.02 Å². The quantitative estimate of drug-likeness (QED) is 0.835. The average Bonchev–Trinajstić information content (AvgIpc) is 2.07. The Labute approximate surface area is 89.9 Å². The summed E-state index contributed by atoms with van der Waals surface area (Å²) in [5, 5.41) is 9.94. The van der Waals surface area contributed by atoms with Crippen molar-refractivity contribution in [1.29, 1.82) is 0 Å². The van der Waals surface area contributed by atoms with E-state index in [0.29, 0.717) is 10.9 Å². The monoisotopic (exact) mass is 213 g/mol. The van der Waals surface area contributed by atoms with Crippen molar-refractivity contribution in [1.82, 2.24) is 4.98 Å². The third kappa shape index (κ3) is 3.64. The zero-order chi connectivity index (χ0) is 10.6. The van der Waals surface area contributed by atoms with E-state index in [-0.39, 0.29) is 6.10 Å². The molecule has 0 bridgehead atoms. The van der Waals surface area contributed by atoms with E-state index in [2.05, 4.69) is 11.9 Å². The molecule has 2 unspecified atom stereocenters. The molecule has 2 nitrogen and oxygen atoms in total. The van der Waals surface area contributed by atoms with Gasteiger partial charge in [-0.1, -0.05) is 18.5 Å². The summed E-state index contributed by atoms with van der Waals surface area (Å²) in [5.41, 5.74) is 1.11. The van der Waals surface area contributed by atoms with Gasteiger partial charge in [0.25, 0.3) is 0 Å². The fourth-order valence-electron chi connectivity index (χ4n) is 1.61. The molecule has 2 atom stereocenters. The van der Waals surface area contributed by atoms with Gasteiger partial charge in [0.15, 0.2) is 0 Å². The van der Waals surface area contributed by atoms with Crippen LogP contribution in [0.4, 0.5) is 0 Å². The van der Waals surface area contributed by atoms with Crippen LogP contribution in [-0.2, 0) is 6.42 Å². The SMILES string of the molecule is CC(O)CC(C)Cc1ccncc1Cl. The Balaban J connectivity index is 2.56. The summed E-state index contributed by atoms with van der Waals surface area (Å²) in [6.45, 7) is 3.92. The van der Waals surface area contributed by atoms with Crippen LogP contribution in [-0.4, -0.2) is 16.2 Å². The molecule has 0 aromatic carbocycles. The topological polar surface area (TPSA) is 33.1 Å². The predicted molar refractivity (Wildman–Crippen MR) is 58.4 cm³/mol. The molecule has 78 valence electrons. The molecule has 0 aliphatic carbocycles. The van der Waals surface area contributed by atoms with Gasteiger partial charge in [-0.2, -0.15) is 0 Å². The molecular formula is C11H16ClNO. The molecule has 1 aromatic heterocycles. The largest absolute Gasteiger partial charge is 0.393 e. The van der Waals surface area contributed by atoms with Gasteiger partial charge in [-0.05, 0) is 37.3 Å². The highest BCUT2D eigenvalue weighted by Gasteiger charge is 2.09. The Morgan fingerprint density at radius 2 is 2.21 bits per heavy atom. The first-order valence-electron chi connectivity index (χ1n) is 4.86. The molecule has 0 saturated heterocycles. The van der Waals surface area contributed by atoms with Gasteiger partial charge in [0, 0.05) is 12.4 Å². The molecule has 14 heavy (non-hydrogen) atoms. The van der Waals surface area contributed by atoms with Gasteiger partial charge in [-0.15, -0.1) is 0 Å². The number of halogens is 1. The van der Waals surface area contributed by atoms with E-state index in [1.165, 1.54) is 0 Å². The third-order valence-corrected chi connectivity index (χ3v) is 2.51. The second-order valence-corrected chi connectivity index (χ2v) is 4.27. The number of aliphatic hydroxyl groups excluding tert-OH is 1. The van der Waals surface area contributed by atoms with Crippen LogP contribution >= 0.6 is 11.6 Å². The van der Waals surface area contributed by atoms with E-state index in [9.17, 15) is 5.11 Å². The maximum atomic E-state index is 9.22. The van der Waals surface area contributed by atoms with Crippen molar-refractivity contribution in [3.8, 4) is 0 Å². The molecular weight excluding hydrogens is 198 g/mol. The van der Waals surface area contributed by atoms with Crippen LogP contribution in [0.15, 0.2) is 18.5 Å². The number of pyridine rings is 1. The predicted octanol–water partition coefficient (Wildman–Crippen LogP) is 2.68. The minimum atomic E-state index is -0.245. The van der Waals surface area contributed by atoms with Crippen LogP contribution in [0.3, 0.4) is 0 Å². The van der Waals surface area contributed by atoms with Crippen LogP contribution < -0.4 is 0 Å². The maximum absolute atomic E-state index is 9.22. The summed E-state index contributed by atoms with van der Waals surface area (Å²) in [7, 11) is 0. The van der Waals surface area contributed by atoms with E-state index >= 15 is 0 Å². The Morgan fingerprint density at radius 1 is 1.50 bits per heavy atom. The third-order valence-electron chi connectivity index (χ3n) is 2.17. The minimum Gasteiger partial charge on any atom is -0.393 e. The lowest BCUT2D eigenvalue weighted by atomic mass is 9.96. The van der Waals surface area contributed by atoms with E-state index in [4.69, 9.17) is 11.6 Å². The Hall–Kier alpha value is -0.600. The minimum absolute atomic E-state index is 0.245. The smallest absolute Gasteiger partial charge is 0.0621 e. The van der Waals surface area contributed by atoms with Gasteiger partial charge in [0.05, 0.1) is 11.1 Å². The van der Waals surface area contributed by atoms with Gasteiger partial charge >= 0.3 is 0 Å². The molecule has 1 aromatic rings. The van der Waals surface area contributed by atoms with Crippen LogP contribution in [0.5, 0.6) is 0 Å². The first-order valence-corrected chi connectivity index (χ1v) is 5.24. The number of nitrogens with zero attached hydrogens (tertiary/aromatic N) is 1. The van der Waals surface area contributed by atoms with E-state index in [1.54, 1.807) is 12.4 Å². The van der Waals surface area contributed by atoms with Gasteiger partial charge in [0.1, 0.15) is 0 Å². The summed E-state index contributed by atoms with van der Waals surface area (Å²) in [6.07, 6.45) is 4.86. The fraction of sp³-hybridized carbons (Fsp3) is 0.545. The van der Waals surface area contributed by atoms with E-state index < -0.39 is 0 Å². The summed E-state index contributed by atoms with van der Waals surface area (Å²) in [4.78, 5) is 3.93. The molecule has 0 fully saturated rings. The number of hydrogen-bond donors (Lipinski definition) is 1. The molecule has 0 aliphatic heterocycles. The molecule has 0 radical (unpaired) electrons. The van der Waals surface area contributed by atoms with Gasteiger partial charge in [0.2, 0.25) is 0 Å². The number of hydrogen-bond acceptors (Lipinski definition) is 2. The molecule has 0 saturated carbocycles. The van der Waals surface area contributed by atoms with Crippen LogP contribution in [0.1, 0.15) is 25.8 Å². The number of rotatable bonds is 4. The summed E-state index contributed by atoms with van der Waals surface area (Å²) < 4.78 is 0. The van der Waals surface area contributed by atoms with Crippen LogP contribution in [0.25, 0.3) is 0 Å². The molecule has 0 spiro atoms. The highest BCUT2D eigenvalue weighted by atomic mass is 35.5. The first-order chi connectivity index (χ1) is 6.59. The van der Waals surface area contributed by atoms with Gasteiger partial charge < -0.3 is 5.11 Å². The lowest BCUT2D eigenvalue weighted by molar-refractivity contribution is 0.164. The zero-order valence-electron chi connectivity index (χ0n) is 8.57. The number of aliphatic hydroxyl groups is 1. The van der Waals surface area contributed by atoms with Gasteiger partial charge in [-0.25, -0.2) is 0 Å². The average molecular weight is 214 g/mol. The van der Waals surface area contributed by atoms with Crippen molar-refractivity contribution in [3.63, 3.8) is 0 Å². The summed E-state index contributed by atoms with van der Waals surface area (Å²) in [5.74, 6) is 0.440. The van der Waals surface area contributed by atoms with Crippen molar-refractivity contribution in [2.75, 3.05) is 0 Å². The second-order valence-electron chi connectivity index (χ2n) is 3.86. The Bertz CT molecular complexity index is 288. The molecule has 0 aliphatic rings. The Morgan fingerprint density at radius 3 is 2.79 bits per heavy atom. The van der Waals surface area contributed by atoms with Crippen molar-refractivity contribution in [2.45, 2.75) is 32.8 Å². The summed E-state index contributed by atoms with van der Waals surface area (Å²) in [6, 6.07) is 1.93. The van der Waals surface area contributed by atoms with Crippen LogP contribution in [0, 0.1) is 5.92 Å². The van der Waals surface area contributed by atoms with E-state index in [1.807, 2.05) is 13.0 Å². The lowest BCUT2D eigenvalue weighted by Crippen LogP contribution is -2.09. The maximum Gasteiger partial charge on any atom is 0.0621 e. The fourth-order valence-corrected chi connectivity index (χ4v) is 1.81. The van der Waals surface area contributed by atoms with Crippen molar-refractivity contribution >= 4 is 11.6 Å². The van der Waals surface area contributed by atoms with Crippen molar-refractivity contribution in [3.05, 3.63) is 29.0 Å². The Kier molecular flexibility index (Phi) is 4.36. The molecule has 0 amide bonds. The molecule has 1 rings (SSSR count). The normalized spacial score (nSPS) is 15.1. The van der Waals surface area contributed by atoms with Gasteiger partial charge in [-0.3, -0.25) is 4.98 Å². The molecule has 3 heteroatoms. The highest BCUT2D eigenvalue weighted by molar-refractivity contribution is 6.31. The summed E-state index contributed by atoms with van der Waals surface area (Å²) >= 11 is 5.98. The first kappa shape index (κ1) is 11.5. The van der Waals surface area contributed by atoms with Crippen molar-refractivity contribution in [2.24, 2.45) is 5.92 Å². The zero-order valence-corrected chi connectivity index (χ0v) is 9.33. The molecule has 1 heterocycles. The lowest BCUT2D eigenvalue weighted by Gasteiger charge is -2.13. The standard InChI is InChI=1S/C11H16ClNO/c1-8(5-9(2)14)6-10-3-4-13-7-11(10)12/h3-4,7-9,14H,5-6H2,1-2H3. The second kappa shape index (κ2) is 5.32. The highest BCUT2D eigenvalue weighted by Crippen LogP contribution is 2.19. The molecule has 1 N–H and O–H groups in total. The van der Waals surface area contributed by atoms with Crippen molar-refractivity contribution < 1.29 is 5.11 Å². The number of aromatic nitrogens is 1.